The summed E-state index contributed by atoms with van der Waals surface area (Å²) in [5, 5.41) is 21.1. The van der Waals surface area contributed by atoms with Crippen LogP contribution >= 0.6 is 11.3 Å². The van der Waals surface area contributed by atoms with Crippen LogP contribution in [0.5, 0.6) is 0 Å². The molecule has 1 N–H and O–H groups in total. The molecule has 28 heavy (non-hydrogen) atoms. The summed E-state index contributed by atoms with van der Waals surface area (Å²) in [5.74, 6) is 0.567. The lowest BCUT2D eigenvalue weighted by Gasteiger charge is -2.34. The fraction of sp³-hybridized carbons (Fsp3) is 0.211. The molecule has 2 aromatic heterocycles. The molecule has 0 unspecified atom stereocenters. The Balaban J connectivity index is 1.67. The van der Waals surface area contributed by atoms with Crippen molar-refractivity contribution in [1.29, 1.82) is 0 Å². The molecule has 0 spiro atoms. The summed E-state index contributed by atoms with van der Waals surface area (Å²) in [6.45, 7) is 0. The third-order valence-corrected chi connectivity index (χ3v) is 6.27. The van der Waals surface area contributed by atoms with E-state index in [-0.39, 0.29) is 17.4 Å². The number of nitrogens with one attached hydrogen (secondary N) is 1. The normalized spacial score (nSPS) is 21.1. The number of benzene rings is 1. The first kappa shape index (κ1) is 16.8. The van der Waals surface area contributed by atoms with Crippen LogP contribution in [-0.4, -0.2) is 25.5 Å². The zero-order valence-electron chi connectivity index (χ0n) is 14.6. The smallest absolute Gasteiger partial charge is 0.275 e. The van der Waals surface area contributed by atoms with Crippen LogP contribution in [0.25, 0.3) is 0 Å². The standard InChI is InChI=1S/C19H15N5O3S/c25-15-9-11(16-6-3-7-28-16)8-13-17(15)18(23-19(22-13)20-10-21-23)12-4-1-2-5-14(12)24(26)27/h1-7,10-11,18H,8-9H2,(H,20,21,22)/t11-,18-/m0/s1. The molecule has 0 amide bonds. The Bertz CT molecular complexity index is 1120. The van der Waals surface area contributed by atoms with Gasteiger partial charge < -0.3 is 5.32 Å². The lowest BCUT2D eigenvalue weighted by Crippen LogP contribution is -2.33. The van der Waals surface area contributed by atoms with Crippen molar-refractivity contribution >= 4 is 28.8 Å². The summed E-state index contributed by atoms with van der Waals surface area (Å²) in [6.07, 6.45) is 2.43. The second kappa shape index (κ2) is 6.38. The molecular formula is C19H15N5O3S. The van der Waals surface area contributed by atoms with Gasteiger partial charge in [0, 0.05) is 34.6 Å². The van der Waals surface area contributed by atoms with Gasteiger partial charge in [-0.15, -0.1) is 11.3 Å². The first-order valence-corrected chi connectivity index (χ1v) is 9.71. The summed E-state index contributed by atoms with van der Waals surface area (Å²) in [7, 11) is 0. The predicted molar refractivity (Wildman–Crippen MR) is 103 cm³/mol. The molecular weight excluding hydrogens is 378 g/mol. The highest BCUT2D eigenvalue weighted by Gasteiger charge is 2.41. The van der Waals surface area contributed by atoms with Gasteiger partial charge in [0.2, 0.25) is 5.95 Å². The number of para-hydroxylation sites is 1. The van der Waals surface area contributed by atoms with Crippen molar-refractivity contribution in [1.82, 2.24) is 14.8 Å². The van der Waals surface area contributed by atoms with Gasteiger partial charge in [-0.3, -0.25) is 14.9 Å². The number of fused-ring (bicyclic) bond motifs is 1. The zero-order valence-corrected chi connectivity index (χ0v) is 15.4. The van der Waals surface area contributed by atoms with Crippen LogP contribution in [0.3, 0.4) is 0 Å². The van der Waals surface area contributed by atoms with Gasteiger partial charge in [-0.05, 0) is 23.9 Å². The molecule has 0 bridgehead atoms. The SMILES string of the molecule is O=C1C[C@@H](c2cccs2)CC2=C1[C@H](c1ccccc1[N+](=O)[O-])n1ncnc1N2. The molecule has 9 heteroatoms. The number of nitro groups is 1. The van der Waals surface area contributed by atoms with Crippen molar-refractivity contribution in [2.24, 2.45) is 0 Å². The lowest BCUT2D eigenvalue weighted by atomic mass is 9.79. The summed E-state index contributed by atoms with van der Waals surface area (Å²) in [4.78, 5) is 29.8. The number of carbonyl (C=O) groups is 1. The largest absolute Gasteiger partial charge is 0.328 e. The van der Waals surface area contributed by atoms with Crippen LogP contribution in [0.2, 0.25) is 0 Å². The number of allylic oxidation sites excluding steroid dienone is 2. The van der Waals surface area contributed by atoms with Gasteiger partial charge in [-0.25, -0.2) is 4.68 Å². The molecule has 1 aliphatic heterocycles. The highest BCUT2D eigenvalue weighted by atomic mass is 32.1. The first-order valence-electron chi connectivity index (χ1n) is 8.83. The molecule has 0 fully saturated rings. The predicted octanol–water partition coefficient (Wildman–Crippen LogP) is 3.66. The van der Waals surface area contributed by atoms with Crippen LogP contribution in [0, 0.1) is 10.1 Å². The van der Waals surface area contributed by atoms with E-state index in [1.165, 1.54) is 12.4 Å². The van der Waals surface area contributed by atoms with Gasteiger partial charge in [0.1, 0.15) is 12.4 Å². The van der Waals surface area contributed by atoms with Gasteiger partial charge in [0.25, 0.3) is 5.69 Å². The summed E-state index contributed by atoms with van der Waals surface area (Å²) in [5.41, 5.74) is 1.73. The number of rotatable bonds is 3. The number of ketones is 1. The topological polar surface area (TPSA) is 103 Å². The number of nitro benzene ring substituents is 1. The van der Waals surface area contributed by atoms with E-state index in [0.29, 0.717) is 29.9 Å². The second-order valence-electron chi connectivity index (χ2n) is 6.81. The zero-order chi connectivity index (χ0) is 19.3. The Labute approximate surface area is 163 Å². The fourth-order valence-electron chi connectivity index (χ4n) is 4.05. The van der Waals surface area contributed by atoms with Gasteiger partial charge in [-0.1, -0.05) is 18.2 Å². The van der Waals surface area contributed by atoms with E-state index in [9.17, 15) is 14.9 Å². The van der Waals surface area contributed by atoms with E-state index in [4.69, 9.17) is 0 Å². The number of hydrogen-bond acceptors (Lipinski definition) is 7. The molecule has 0 saturated carbocycles. The Morgan fingerprint density at radius 3 is 2.86 bits per heavy atom. The minimum atomic E-state index is -0.660. The third-order valence-electron chi connectivity index (χ3n) is 5.24. The average molecular weight is 393 g/mol. The molecule has 3 heterocycles. The molecule has 5 rings (SSSR count). The molecule has 3 aromatic rings. The molecule has 2 atom stereocenters. The third kappa shape index (κ3) is 2.55. The Morgan fingerprint density at radius 2 is 2.07 bits per heavy atom. The van der Waals surface area contributed by atoms with Crippen molar-refractivity contribution in [2.75, 3.05) is 5.32 Å². The van der Waals surface area contributed by atoms with E-state index in [2.05, 4.69) is 15.4 Å². The quantitative estimate of drug-likeness (QED) is 0.538. The molecule has 0 radical (unpaired) electrons. The number of carbonyl (C=O) groups excluding carboxylic acids is 1. The summed E-state index contributed by atoms with van der Waals surface area (Å²) < 4.78 is 1.56. The first-order chi connectivity index (χ1) is 13.6. The number of Topliss-reactive ketones (excluding diaryl/α,β-unsaturated/α-hetero) is 1. The maximum atomic E-state index is 13.2. The van der Waals surface area contributed by atoms with Crippen LogP contribution < -0.4 is 5.32 Å². The highest BCUT2D eigenvalue weighted by Crippen LogP contribution is 2.45. The van der Waals surface area contributed by atoms with Crippen LogP contribution in [0.1, 0.15) is 35.2 Å². The second-order valence-corrected chi connectivity index (χ2v) is 7.79. The highest BCUT2D eigenvalue weighted by molar-refractivity contribution is 7.10. The number of anilines is 1. The van der Waals surface area contributed by atoms with E-state index in [1.807, 2.05) is 17.5 Å². The monoisotopic (exact) mass is 393 g/mol. The van der Waals surface area contributed by atoms with Crippen LogP contribution in [0.15, 0.2) is 59.4 Å². The summed E-state index contributed by atoms with van der Waals surface area (Å²) >= 11 is 1.64. The van der Waals surface area contributed by atoms with E-state index >= 15 is 0 Å². The number of nitrogens with zero attached hydrogens (tertiary/aromatic N) is 4. The minimum Gasteiger partial charge on any atom is -0.328 e. The van der Waals surface area contributed by atoms with E-state index in [0.717, 1.165) is 10.6 Å². The number of thiophene rings is 1. The minimum absolute atomic E-state index is 0.0172. The maximum Gasteiger partial charge on any atom is 0.275 e. The van der Waals surface area contributed by atoms with E-state index in [1.54, 1.807) is 34.2 Å². The maximum absolute atomic E-state index is 13.2. The Kier molecular flexibility index (Phi) is 3.83. The molecule has 140 valence electrons. The van der Waals surface area contributed by atoms with Crippen molar-refractivity contribution < 1.29 is 9.72 Å². The van der Waals surface area contributed by atoms with E-state index < -0.39 is 11.0 Å². The van der Waals surface area contributed by atoms with Gasteiger partial charge in [-0.2, -0.15) is 10.1 Å². The van der Waals surface area contributed by atoms with Crippen LogP contribution in [0.4, 0.5) is 11.6 Å². The Hall–Kier alpha value is -3.33. The van der Waals surface area contributed by atoms with Crippen LogP contribution in [-0.2, 0) is 4.79 Å². The van der Waals surface area contributed by atoms with Crippen molar-refractivity contribution in [3.05, 3.63) is 79.9 Å². The molecule has 1 aliphatic carbocycles. The molecule has 0 saturated heterocycles. The molecule has 1 aromatic carbocycles. The van der Waals surface area contributed by atoms with Gasteiger partial charge in [0.05, 0.1) is 10.5 Å². The average Bonchev–Trinajstić information content (AvgIpc) is 3.38. The lowest BCUT2D eigenvalue weighted by molar-refractivity contribution is -0.385. The Morgan fingerprint density at radius 1 is 1.21 bits per heavy atom. The number of hydrogen-bond donors (Lipinski definition) is 1. The number of aromatic nitrogens is 3. The summed E-state index contributed by atoms with van der Waals surface area (Å²) in [6, 6.07) is 9.86. The van der Waals surface area contributed by atoms with Crippen molar-refractivity contribution in [3.8, 4) is 0 Å². The van der Waals surface area contributed by atoms with Gasteiger partial charge >= 0.3 is 0 Å². The van der Waals surface area contributed by atoms with Crippen molar-refractivity contribution in [3.63, 3.8) is 0 Å². The fourth-order valence-corrected chi connectivity index (χ4v) is 4.88. The van der Waals surface area contributed by atoms with Crippen molar-refractivity contribution in [2.45, 2.75) is 24.8 Å². The molecule has 8 nitrogen and oxygen atoms in total. The van der Waals surface area contributed by atoms with Gasteiger partial charge in [0.15, 0.2) is 5.78 Å². The molecule has 2 aliphatic rings.